The first-order valence-electron chi connectivity index (χ1n) is 7.39. The maximum absolute atomic E-state index is 13.9. The third kappa shape index (κ3) is 3.13. The van der Waals surface area contributed by atoms with Crippen molar-refractivity contribution in [3.63, 3.8) is 0 Å². The SMILES string of the molecule is C[C@@](O)(c1cnc(C2=CCNCC2)nc1)c1ccc(F)cc1F. The van der Waals surface area contributed by atoms with Crippen LogP contribution in [0.3, 0.4) is 0 Å². The largest absolute Gasteiger partial charge is 0.380 e. The molecule has 1 aliphatic heterocycles. The molecular weight excluding hydrogens is 300 g/mol. The predicted octanol–water partition coefficient (Wildman–Crippen LogP) is 2.39. The minimum Gasteiger partial charge on any atom is -0.380 e. The van der Waals surface area contributed by atoms with E-state index < -0.39 is 17.2 Å². The summed E-state index contributed by atoms with van der Waals surface area (Å²) in [5.41, 5.74) is -0.265. The summed E-state index contributed by atoms with van der Waals surface area (Å²) in [6.45, 7) is 3.08. The maximum Gasteiger partial charge on any atom is 0.154 e. The Kier molecular flexibility index (Phi) is 4.19. The van der Waals surface area contributed by atoms with Crippen molar-refractivity contribution in [1.29, 1.82) is 0 Å². The molecule has 120 valence electrons. The van der Waals surface area contributed by atoms with Crippen LogP contribution in [0, 0.1) is 11.6 Å². The first-order valence-corrected chi connectivity index (χ1v) is 7.39. The lowest BCUT2D eigenvalue weighted by Crippen LogP contribution is -2.25. The third-order valence-electron chi connectivity index (χ3n) is 4.02. The van der Waals surface area contributed by atoms with E-state index in [2.05, 4.69) is 15.3 Å². The van der Waals surface area contributed by atoms with Gasteiger partial charge in [-0.2, -0.15) is 0 Å². The molecule has 1 atom stereocenters. The Morgan fingerprint density at radius 1 is 1.22 bits per heavy atom. The molecule has 0 amide bonds. The second-order valence-electron chi connectivity index (χ2n) is 5.68. The Bertz CT molecular complexity index is 742. The van der Waals surface area contributed by atoms with Crippen LogP contribution in [-0.2, 0) is 5.60 Å². The lowest BCUT2D eigenvalue weighted by Gasteiger charge is -2.24. The molecule has 1 aromatic heterocycles. The number of rotatable bonds is 3. The fraction of sp³-hybridized carbons (Fsp3) is 0.294. The zero-order valence-electron chi connectivity index (χ0n) is 12.7. The van der Waals surface area contributed by atoms with Gasteiger partial charge in [0.1, 0.15) is 17.2 Å². The number of aromatic nitrogens is 2. The van der Waals surface area contributed by atoms with Crippen LogP contribution < -0.4 is 5.32 Å². The van der Waals surface area contributed by atoms with Gasteiger partial charge in [-0.25, -0.2) is 18.7 Å². The second-order valence-corrected chi connectivity index (χ2v) is 5.68. The smallest absolute Gasteiger partial charge is 0.154 e. The van der Waals surface area contributed by atoms with Crippen LogP contribution in [0.15, 0.2) is 36.7 Å². The summed E-state index contributed by atoms with van der Waals surface area (Å²) < 4.78 is 27.0. The lowest BCUT2D eigenvalue weighted by atomic mass is 9.89. The standard InChI is InChI=1S/C17H17F2N3O/c1-17(23,14-3-2-13(18)8-15(14)19)12-9-21-16(22-10-12)11-4-6-20-7-5-11/h2-4,8-10,20,23H,5-7H2,1H3/t17-/m1/s1. The zero-order valence-corrected chi connectivity index (χ0v) is 12.7. The Balaban J connectivity index is 1.92. The Morgan fingerprint density at radius 3 is 2.57 bits per heavy atom. The van der Waals surface area contributed by atoms with Crippen LogP contribution >= 0.6 is 0 Å². The highest BCUT2D eigenvalue weighted by Gasteiger charge is 2.30. The molecule has 0 spiro atoms. The van der Waals surface area contributed by atoms with Gasteiger partial charge in [0, 0.05) is 36.1 Å². The van der Waals surface area contributed by atoms with Gasteiger partial charge < -0.3 is 10.4 Å². The number of hydrogen-bond donors (Lipinski definition) is 2. The van der Waals surface area contributed by atoms with Crippen molar-refractivity contribution in [2.45, 2.75) is 18.9 Å². The quantitative estimate of drug-likeness (QED) is 0.912. The summed E-state index contributed by atoms with van der Waals surface area (Å²) >= 11 is 0. The molecule has 0 saturated heterocycles. The molecule has 1 aliphatic rings. The number of hydrogen-bond acceptors (Lipinski definition) is 4. The van der Waals surface area contributed by atoms with E-state index in [9.17, 15) is 13.9 Å². The highest BCUT2D eigenvalue weighted by molar-refractivity contribution is 5.60. The van der Waals surface area contributed by atoms with Gasteiger partial charge in [-0.1, -0.05) is 6.08 Å². The van der Waals surface area contributed by atoms with Gasteiger partial charge in [-0.3, -0.25) is 0 Å². The maximum atomic E-state index is 13.9. The topological polar surface area (TPSA) is 58.0 Å². The Labute approximate surface area is 132 Å². The van der Waals surface area contributed by atoms with Crippen molar-refractivity contribution in [3.05, 3.63) is 65.3 Å². The molecule has 0 bridgehead atoms. The molecule has 2 heterocycles. The van der Waals surface area contributed by atoms with E-state index >= 15 is 0 Å². The first-order chi connectivity index (χ1) is 11.0. The van der Waals surface area contributed by atoms with E-state index in [4.69, 9.17) is 0 Å². The van der Waals surface area contributed by atoms with Gasteiger partial charge in [0.05, 0.1) is 0 Å². The van der Waals surface area contributed by atoms with Crippen molar-refractivity contribution in [2.75, 3.05) is 13.1 Å². The molecule has 1 aromatic carbocycles. The molecular formula is C17H17F2N3O. The molecule has 2 N–H and O–H groups in total. The highest BCUT2D eigenvalue weighted by Crippen LogP contribution is 2.31. The van der Waals surface area contributed by atoms with E-state index in [0.29, 0.717) is 11.4 Å². The summed E-state index contributed by atoms with van der Waals surface area (Å²) in [4.78, 5) is 8.56. The molecule has 23 heavy (non-hydrogen) atoms. The number of aliphatic hydroxyl groups is 1. The van der Waals surface area contributed by atoms with Gasteiger partial charge in [-0.05, 0) is 37.6 Å². The summed E-state index contributed by atoms with van der Waals surface area (Å²) in [7, 11) is 0. The molecule has 0 fully saturated rings. The number of halogens is 2. The van der Waals surface area contributed by atoms with Crippen LogP contribution in [0.25, 0.3) is 5.57 Å². The fourth-order valence-corrected chi connectivity index (χ4v) is 2.61. The van der Waals surface area contributed by atoms with Crippen LogP contribution in [-0.4, -0.2) is 28.2 Å². The third-order valence-corrected chi connectivity index (χ3v) is 4.02. The number of nitrogens with zero attached hydrogens (tertiary/aromatic N) is 2. The van der Waals surface area contributed by atoms with Crippen LogP contribution in [0.4, 0.5) is 8.78 Å². The summed E-state index contributed by atoms with van der Waals surface area (Å²) in [5.74, 6) is -0.891. The second kappa shape index (κ2) is 6.14. The van der Waals surface area contributed by atoms with Crippen molar-refractivity contribution >= 4 is 5.57 Å². The monoisotopic (exact) mass is 317 g/mol. The molecule has 0 unspecified atom stereocenters. The number of benzene rings is 1. The zero-order chi connectivity index (χ0) is 16.4. The summed E-state index contributed by atoms with van der Waals surface area (Å²) in [5, 5.41) is 13.9. The van der Waals surface area contributed by atoms with Gasteiger partial charge in [0.25, 0.3) is 0 Å². The molecule has 6 heteroatoms. The molecule has 0 aliphatic carbocycles. The molecule has 0 saturated carbocycles. The van der Waals surface area contributed by atoms with E-state index in [1.54, 1.807) is 0 Å². The van der Waals surface area contributed by atoms with E-state index in [0.717, 1.165) is 37.2 Å². The van der Waals surface area contributed by atoms with Gasteiger partial charge >= 0.3 is 0 Å². The normalized spacial score (nSPS) is 17.5. The van der Waals surface area contributed by atoms with Crippen LogP contribution in [0.5, 0.6) is 0 Å². The minimum atomic E-state index is -1.64. The van der Waals surface area contributed by atoms with Crippen molar-refractivity contribution in [2.24, 2.45) is 0 Å². The molecule has 2 aromatic rings. The van der Waals surface area contributed by atoms with Crippen molar-refractivity contribution in [1.82, 2.24) is 15.3 Å². The lowest BCUT2D eigenvalue weighted by molar-refractivity contribution is 0.0970. The van der Waals surface area contributed by atoms with Gasteiger partial charge in [0.15, 0.2) is 5.82 Å². The Morgan fingerprint density at radius 2 is 1.96 bits per heavy atom. The van der Waals surface area contributed by atoms with E-state index in [-0.39, 0.29) is 5.56 Å². The van der Waals surface area contributed by atoms with Gasteiger partial charge in [0.2, 0.25) is 0 Å². The average Bonchev–Trinajstić information content (AvgIpc) is 2.55. The molecule has 3 rings (SSSR count). The summed E-state index contributed by atoms with van der Waals surface area (Å²) in [6.07, 6.45) is 5.82. The minimum absolute atomic E-state index is 0.0173. The first kappa shape index (κ1) is 15.7. The predicted molar refractivity (Wildman–Crippen MR) is 82.5 cm³/mol. The van der Waals surface area contributed by atoms with E-state index in [1.165, 1.54) is 25.4 Å². The Hall–Kier alpha value is -2.18. The fourth-order valence-electron chi connectivity index (χ4n) is 2.61. The highest BCUT2D eigenvalue weighted by atomic mass is 19.1. The van der Waals surface area contributed by atoms with Crippen LogP contribution in [0.2, 0.25) is 0 Å². The molecule has 4 nitrogen and oxygen atoms in total. The van der Waals surface area contributed by atoms with E-state index in [1.807, 2.05) is 6.08 Å². The summed E-state index contributed by atoms with van der Waals surface area (Å²) in [6, 6.07) is 3.09. The molecule has 0 radical (unpaired) electrons. The van der Waals surface area contributed by atoms with Gasteiger partial charge in [-0.15, -0.1) is 0 Å². The van der Waals surface area contributed by atoms with Crippen molar-refractivity contribution in [3.8, 4) is 0 Å². The van der Waals surface area contributed by atoms with Crippen LogP contribution in [0.1, 0.15) is 30.3 Å². The van der Waals surface area contributed by atoms with Crippen molar-refractivity contribution < 1.29 is 13.9 Å². The average molecular weight is 317 g/mol. The number of nitrogens with one attached hydrogen (secondary N) is 1.